The highest BCUT2D eigenvalue weighted by atomic mass is 32.1. The Morgan fingerprint density at radius 3 is 2.94 bits per heavy atom. The summed E-state index contributed by atoms with van der Waals surface area (Å²) < 4.78 is 13.6. The predicted octanol–water partition coefficient (Wildman–Crippen LogP) is 2.14. The lowest BCUT2D eigenvalue weighted by Crippen LogP contribution is -2.29. The monoisotopic (exact) mass is 237 g/mol. The van der Waals surface area contributed by atoms with E-state index in [9.17, 15) is 4.39 Å². The number of halogens is 1. The van der Waals surface area contributed by atoms with Gasteiger partial charge in [-0.2, -0.15) is 0 Å². The molecule has 16 heavy (non-hydrogen) atoms. The number of hydrogen-bond donors (Lipinski definition) is 2. The first-order chi connectivity index (χ1) is 7.72. The lowest BCUT2D eigenvalue weighted by atomic mass is 10.1. The van der Waals surface area contributed by atoms with Crippen LogP contribution in [-0.2, 0) is 0 Å². The van der Waals surface area contributed by atoms with Crippen molar-refractivity contribution in [2.45, 2.75) is 13.0 Å². The number of pyridine rings is 1. The summed E-state index contributed by atoms with van der Waals surface area (Å²) in [7, 11) is 0. The Hall–Kier alpha value is -1.30. The fourth-order valence-electron chi connectivity index (χ4n) is 1.56. The van der Waals surface area contributed by atoms with Gasteiger partial charge in [-0.25, -0.2) is 9.82 Å². The zero-order valence-corrected chi connectivity index (χ0v) is 9.59. The van der Waals surface area contributed by atoms with Crippen LogP contribution in [0.4, 0.5) is 4.39 Å². The van der Waals surface area contributed by atoms with Crippen LogP contribution in [0, 0.1) is 12.7 Å². The molecule has 2 heterocycles. The molecule has 0 fully saturated rings. The number of nitrogens with two attached hydrogens (primary N) is 1. The van der Waals surface area contributed by atoms with Crippen LogP contribution in [-0.4, -0.2) is 4.98 Å². The zero-order valence-electron chi connectivity index (χ0n) is 8.77. The van der Waals surface area contributed by atoms with Crippen LogP contribution in [0.1, 0.15) is 22.2 Å². The van der Waals surface area contributed by atoms with Crippen molar-refractivity contribution in [2.24, 2.45) is 5.84 Å². The van der Waals surface area contributed by atoms with Gasteiger partial charge in [-0.3, -0.25) is 10.8 Å². The Morgan fingerprint density at radius 2 is 2.38 bits per heavy atom. The third-order valence-corrected chi connectivity index (χ3v) is 3.19. The molecule has 0 aliphatic rings. The smallest absolute Gasteiger partial charge is 0.146 e. The van der Waals surface area contributed by atoms with E-state index in [-0.39, 0.29) is 5.82 Å². The number of aromatic nitrogens is 1. The second-order valence-electron chi connectivity index (χ2n) is 3.46. The summed E-state index contributed by atoms with van der Waals surface area (Å²) in [6, 6.07) is 4.52. The van der Waals surface area contributed by atoms with Gasteiger partial charge in [0, 0.05) is 11.1 Å². The first-order valence-corrected chi connectivity index (χ1v) is 5.72. The summed E-state index contributed by atoms with van der Waals surface area (Å²) in [5.41, 5.74) is 3.85. The van der Waals surface area contributed by atoms with Gasteiger partial charge in [0.25, 0.3) is 0 Å². The van der Waals surface area contributed by atoms with Crippen molar-refractivity contribution in [3.05, 3.63) is 51.7 Å². The van der Waals surface area contributed by atoms with Crippen molar-refractivity contribution in [1.82, 2.24) is 10.4 Å². The van der Waals surface area contributed by atoms with E-state index in [4.69, 9.17) is 5.84 Å². The first kappa shape index (κ1) is 11.2. The third kappa shape index (κ3) is 2.11. The highest BCUT2D eigenvalue weighted by molar-refractivity contribution is 7.10. The molecule has 0 radical (unpaired) electrons. The molecule has 0 bridgehead atoms. The lowest BCUT2D eigenvalue weighted by Gasteiger charge is -2.14. The molecule has 3 N–H and O–H groups in total. The summed E-state index contributed by atoms with van der Waals surface area (Å²) in [6.07, 6.45) is 1.56. The Morgan fingerprint density at radius 1 is 1.56 bits per heavy atom. The van der Waals surface area contributed by atoms with Gasteiger partial charge in [-0.1, -0.05) is 0 Å². The SMILES string of the molecule is Cc1cc(C(NN)c2ncccc2F)cs1. The molecule has 3 nitrogen and oxygen atoms in total. The minimum absolute atomic E-state index is 0.322. The number of aryl methyl sites for hydroxylation is 1. The second-order valence-corrected chi connectivity index (χ2v) is 4.58. The fourth-order valence-corrected chi connectivity index (χ4v) is 2.29. The van der Waals surface area contributed by atoms with Crippen LogP contribution in [0.25, 0.3) is 0 Å². The first-order valence-electron chi connectivity index (χ1n) is 4.84. The molecule has 1 atom stereocenters. The van der Waals surface area contributed by atoms with Crippen LogP contribution in [0.3, 0.4) is 0 Å². The van der Waals surface area contributed by atoms with Gasteiger partial charge in [0.05, 0.1) is 11.7 Å². The minimum atomic E-state index is -0.397. The Kier molecular flexibility index (Phi) is 3.28. The van der Waals surface area contributed by atoms with E-state index >= 15 is 0 Å². The fraction of sp³-hybridized carbons (Fsp3) is 0.182. The summed E-state index contributed by atoms with van der Waals surface area (Å²) in [5.74, 6) is 5.11. The number of nitrogens with zero attached hydrogens (tertiary/aromatic N) is 1. The normalized spacial score (nSPS) is 12.7. The van der Waals surface area contributed by atoms with Crippen molar-refractivity contribution >= 4 is 11.3 Å². The van der Waals surface area contributed by atoms with Crippen LogP contribution < -0.4 is 11.3 Å². The zero-order chi connectivity index (χ0) is 11.5. The number of nitrogens with one attached hydrogen (secondary N) is 1. The van der Waals surface area contributed by atoms with E-state index in [2.05, 4.69) is 10.4 Å². The maximum Gasteiger partial charge on any atom is 0.146 e. The highest BCUT2D eigenvalue weighted by Gasteiger charge is 2.18. The van der Waals surface area contributed by atoms with E-state index < -0.39 is 6.04 Å². The minimum Gasteiger partial charge on any atom is -0.271 e. The van der Waals surface area contributed by atoms with Gasteiger partial charge in [-0.15, -0.1) is 11.3 Å². The van der Waals surface area contributed by atoms with Gasteiger partial charge in [0.1, 0.15) is 5.82 Å². The van der Waals surface area contributed by atoms with E-state index in [1.807, 2.05) is 18.4 Å². The third-order valence-electron chi connectivity index (χ3n) is 2.31. The molecule has 0 aromatic carbocycles. The molecule has 2 aromatic heterocycles. The van der Waals surface area contributed by atoms with Crippen molar-refractivity contribution in [3.63, 3.8) is 0 Å². The molecule has 0 amide bonds. The molecule has 5 heteroatoms. The average molecular weight is 237 g/mol. The standard InChI is InChI=1S/C11H12FN3S/c1-7-5-8(6-16-7)10(15-13)11-9(12)3-2-4-14-11/h2-6,10,15H,13H2,1H3. The summed E-state index contributed by atoms with van der Waals surface area (Å²) in [4.78, 5) is 5.18. The number of hydrazine groups is 1. The highest BCUT2D eigenvalue weighted by Crippen LogP contribution is 2.25. The molecule has 0 spiro atoms. The molecule has 0 saturated heterocycles. The maximum absolute atomic E-state index is 13.6. The molecule has 0 saturated carbocycles. The quantitative estimate of drug-likeness (QED) is 0.635. The molecule has 84 valence electrons. The Bertz CT molecular complexity index is 484. The molecule has 1 unspecified atom stereocenters. The topological polar surface area (TPSA) is 50.9 Å². The van der Waals surface area contributed by atoms with Crippen LogP contribution >= 0.6 is 11.3 Å². The van der Waals surface area contributed by atoms with Crippen molar-refractivity contribution in [2.75, 3.05) is 0 Å². The summed E-state index contributed by atoms with van der Waals surface area (Å²) in [6.45, 7) is 2.00. The van der Waals surface area contributed by atoms with Crippen LogP contribution in [0.5, 0.6) is 0 Å². The lowest BCUT2D eigenvalue weighted by molar-refractivity contribution is 0.544. The Labute approximate surface area is 97.1 Å². The van der Waals surface area contributed by atoms with E-state index in [1.165, 1.54) is 6.07 Å². The number of hydrogen-bond acceptors (Lipinski definition) is 4. The van der Waals surface area contributed by atoms with Gasteiger partial charge >= 0.3 is 0 Å². The number of rotatable bonds is 3. The van der Waals surface area contributed by atoms with Crippen LogP contribution in [0.2, 0.25) is 0 Å². The van der Waals surface area contributed by atoms with E-state index in [0.717, 1.165) is 10.4 Å². The molecule has 0 aliphatic heterocycles. The van der Waals surface area contributed by atoms with E-state index in [0.29, 0.717) is 5.69 Å². The van der Waals surface area contributed by atoms with Crippen molar-refractivity contribution in [3.8, 4) is 0 Å². The molecule has 2 rings (SSSR count). The second kappa shape index (κ2) is 4.69. The van der Waals surface area contributed by atoms with Crippen molar-refractivity contribution < 1.29 is 4.39 Å². The summed E-state index contributed by atoms with van der Waals surface area (Å²) >= 11 is 1.60. The molecule has 0 aliphatic carbocycles. The van der Waals surface area contributed by atoms with Gasteiger partial charge < -0.3 is 0 Å². The van der Waals surface area contributed by atoms with E-state index in [1.54, 1.807) is 23.6 Å². The molecule has 2 aromatic rings. The van der Waals surface area contributed by atoms with Crippen molar-refractivity contribution in [1.29, 1.82) is 0 Å². The average Bonchev–Trinajstić information content (AvgIpc) is 2.69. The van der Waals surface area contributed by atoms with Crippen LogP contribution in [0.15, 0.2) is 29.8 Å². The van der Waals surface area contributed by atoms with Gasteiger partial charge in [0.2, 0.25) is 0 Å². The predicted molar refractivity (Wildman–Crippen MR) is 62.4 cm³/mol. The van der Waals surface area contributed by atoms with Gasteiger partial charge in [0.15, 0.2) is 0 Å². The Balaban J connectivity index is 2.40. The summed E-state index contributed by atoms with van der Waals surface area (Å²) in [5, 5.41) is 1.95. The molecular formula is C11H12FN3S. The number of thiophene rings is 1. The molecular weight excluding hydrogens is 225 g/mol. The largest absolute Gasteiger partial charge is 0.271 e. The van der Waals surface area contributed by atoms with Gasteiger partial charge in [-0.05, 0) is 36.1 Å². The maximum atomic E-state index is 13.6.